The SMILES string of the molecule is CCN(CC)C(=O)CNCc1ccc(C2CC2C)o1. The Kier molecular flexibility index (Phi) is 4.64. The van der Waals surface area contributed by atoms with Crippen molar-refractivity contribution in [2.45, 2.75) is 39.7 Å². The van der Waals surface area contributed by atoms with Crippen molar-refractivity contribution in [3.63, 3.8) is 0 Å². The number of amides is 1. The second kappa shape index (κ2) is 6.24. The Balaban J connectivity index is 1.73. The summed E-state index contributed by atoms with van der Waals surface area (Å²) in [6.45, 7) is 8.76. The standard InChI is InChI=1S/C15H24N2O2/c1-4-17(5-2)15(18)10-16-9-12-6-7-14(19-12)13-8-11(13)3/h6-7,11,13,16H,4-5,8-10H2,1-3H3. The molecule has 4 nitrogen and oxygen atoms in total. The molecule has 1 aromatic rings. The molecule has 1 saturated carbocycles. The number of hydrogen-bond acceptors (Lipinski definition) is 3. The maximum atomic E-state index is 11.8. The number of nitrogens with zero attached hydrogens (tertiary/aromatic N) is 1. The highest BCUT2D eigenvalue weighted by atomic mass is 16.3. The van der Waals surface area contributed by atoms with Gasteiger partial charge in [-0.25, -0.2) is 0 Å². The topological polar surface area (TPSA) is 45.5 Å². The van der Waals surface area contributed by atoms with Crippen molar-refractivity contribution in [1.29, 1.82) is 0 Å². The smallest absolute Gasteiger partial charge is 0.236 e. The Labute approximate surface area is 115 Å². The molecule has 0 aliphatic heterocycles. The van der Waals surface area contributed by atoms with E-state index in [1.54, 1.807) is 0 Å². The molecule has 2 rings (SSSR count). The van der Waals surface area contributed by atoms with Crippen LogP contribution in [-0.2, 0) is 11.3 Å². The highest BCUT2D eigenvalue weighted by molar-refractivity contribution is 5.78. The van der Waals surface area contributed by atoms with Gasteiger partial charge in [0.15, 0.2) is 0 Å². The number of carbonyl (C=O) groups excluding carboxylic acids is 1. The van der Waals surface area contributed by atoms with Gasteiger partial charge in [-0.1, -0.05) is 6.92 Å². The fraction of sp³-hybridized carbons (Fsp3) is 0.667. The minimum absolute atomic E-state index is 0.146. The number of likely N-dealkylation sites (N-methyl/N-ethyl adjacent to an activating group) is 1. The van der Waals surface area contributed by atoms with Crippen molar-refractivity contribution >= 4 is 5.91 Å². The lowest BCUT2D eigenvalue weighted by atomic mass is 10.3. The van der Waals surface area contributed by atoms with Gasteiger partial charge in [0.25, 0.3) is 0 Å². The van der Waals surface area contributed by atoms with Crippen molar-refractivity contribution in [2.75, 3.05) is 19.6 Å². The number of carbonyl (C=O) groups is 1. The Morgan fingerprint density at radius 1 is 1.42 bits per heavy atom. The van der Waals surface area contributed by atoms with Crippen molar-refractivity contribution in [3.05, 3.63) is 23.7 Å². The van der Waals surface area contributed by atoms with E-state index in [2.05, 4.69) is 18.3 Å². The van der Waals surface area contributed by atoms with E-state index in [1.165, 1.54) is 6.42 Å². The molecule has 1 aliphatic rings. The van der Waals surface area contributed by atoms with Crippen molar-refractivity contribution < 1.29 is 9.21 Å². The molecule has 1 N–H and O–H groups in total. The Morgan fingerprint density at radius 2 is 2.11 bits per heavy atom. The van der Waals surface area contributed by atoms with Gasteiger partial charge in [-0.15, -0.1) is 0 Å². The van der Waals surface area contributed by atoms with Crippen LogP contribution >= 0.6 is 0 Å². The molecule has 1 aliphatic carbocycles. The number of nitrogens with one attached hydrogen (secondary N) is 1. The van der Waals surface area contributed by atoms with Crippen LogP contribution in [0.3, 0.4) is 0 Å². The molecule has 19 heavy (non-hydrogen) atoms. The van der Waals surface area contributed by atoms with E-state index in [4.69, 9.17) is 4.42 Å². The van der Waals surface area contributed by atoms with E-state index >= 15 is 0 Å². The first kappa shape index (κ1) is 14.1. The van der Waals surface area contributed by atoms with Gasteiger partial charge in [-0.05, 0) is 38.3 Å². The van der Waals surface area contributed by atoms with E-state index in [0.29, 0.717) is 19.0 Å². The molecule has 1 amide bonds. The van der Waals surface area contributed by atoms with Gasteiger partial charge in [-0.2, -0.15) is 0 Å². The fourth-order valence-electron chi connectivity index (χ4n) is 2.39. The van der Waals surface area contributed by atoms with Crippen LogP contribution in [0.2, 0.25) is 0 Å². The van der Waals surface area contributed by atoms with Crippen LogP contribution in [0.4, 0.5) is 0 Å². The second-order valence-electron chi connectivity index (χ2n) is 5.29. The average Bonchev–Trinajstić information content (AvgIpc) is 2.94. The predicted molar refractivity (Wildman–Crippen MR) is 74.9 cm³/mol. The molecule has 0 spiro atoms. The maximum Gasteiger partial charge on any atom is 0.236 e. The van der Waals surface area contributed by atoms with Gasteiger partial charge >= 0.3 is 0 Å². The third-order valence-electron chi connectivity index (χ3n) is 3.85. The fourth-order valence-corrected chi connectivity index (χ4v) is 2.39. The van der Waals surface area contributed by atoms with E-state index in [-0.39, 0.29) is 5.91 Å². The quantitative estimate of drug-likeness (QED) is 0.822. The zero-order valence-corrected chi connectivity index (χ0v) is 12.1. The first-order valence-corrected chi connectivity index (χ1v) is 7.22. The van der Waals surface area contributed by atoms with Crippen LogP contribution < -0.4 is 5.32 Å². The van der Waals surface area contributed by atoms with E-state index in [0.717, 1.165) is 30.5 Å². The van der Waals surface area contributed by atoms with Crippen molar-refractivity contribution in [2.24, 2.45) is 5.92 Å². The number of hydrogen-bond donors (Lipinski definition) is 1. The zero-order chi connectivity index (χ0) is 13.8. The Morgan fingerprint density at radius 3 is 2.68 bits per heavy atom. The molecule has 1 fully saturated rings. The van der Waals surface area contributed by atoms with Crippen molar-refractivity contribution in [3.8, 4) is 0 Å². The molecule has 0 saturated heterocycles. The third-order valence-corrected chi connectivity index (χ3v) is 3.85. The monoisotopic (exact) mass is 264 g/mol. The van der Waals surface area contributed by atoms with Crippen LogP contribution in [0.15, 0.2) is 16.5 Å². The van der Waals surface area contributed by atoms with E-state index in [1.807, 2.05) is 24.8 Å². The third kappa shape index (κ3) is 3.60. The molecular weight excluding hydrogens is 240 g/mol. The summed E-state index contributed by atoms with van der Waals surface area (Å²) in [4.78, 5) is 13.6. The highest BCUT2D eigenvalue weighted by Gasteiger charge is 2.36. The van der Waals surface area contributed by atoms with Gasteiger partial charge in [0.05, 0.1) is 13.1 Å². The van der Waals surface area contributed by atoms with Gasteiger partial charge < -0.3 is 14.6 Å². The molecule has 2 unspecified atom stereocenters. The average molecular weight is 264 g/mol. The van der Waals surface area contributed by atoms with Gasteiger partial charge in [0.2, 0.25) is 5.91 Å². The lowest BCUT2D eigenvalue weighted by molar-refractivity contribution is -0.129. The van der Waals surface area contributed by atoms with Gasteiger partial charge in [0, 0.05) is 19.0 Å². The molecule has 0 radical (unpaired) electrons. The highest BCUT2D eigenvalue weighted by Crippen LogP contribution is 2.47. The normalized spacial score (nSPS) is 21.4. The van der Waals surface area contributed by atoms with Gasteiger partial charge in [0.1, 0.15) is 11.5 Å². The van der Waals surface area contributed by atoms with Crippen LogP contribution in [-0.4, -0.2) is 30.4 Å². The first-order chi connectivity index (χ1) is 9.15. The number of furan rings is 1. The summed E-state index contributed by atoms with van der Waals surface area (Å²) in [6.07, 6.45) is 1.24. The zero-order valence-electron chi connectivity index (χ0n) is 12.1. The van der Waals surface area contributed by atoms with Crippen LogP contribution in [0.25, 0.3) is 0 Å². The Hall–Kier alpha value is -1.29. The van der Waals surface area contributed by atoms with Crippen LogP contribution in [0, 0.1) is 5.92 Å². The summed E-state index contributed by atoms with van der Waals surface area (Å²) >= 11 is 0. The Bertz CT molecular complexity index is 424. The molecule has 0 aromatic carbocycles. The van der Waals surface area contributed by atoms with E-state index < -0.39 is 0 Å². The van der Waals surface area contributed by atoms with Gasteiger partial charge in [-0.3, -0.25) is 4.79 Å². The largest absolute Gasteiger partial charge is 0.464 e. The maximum absolute atomic E-state index is 11.8. The summed E-state index contributed by atoms with van der Waals surface area (Å²) in [5, 5.41) is 3.15. The molecule has 1 aromatic heterocycles. The lowest BCUT2D eigenvalue weighted by Crippen LogP contribution is -2.37. The summed E-state index contributed by atoms with van der Waals surface area (Å²) in [7, 11) is 0. The predicted octanol–water partition coefficient (Wildman–Crippen LogP) is 2.36. The summed E-state index contributed by atoms with van der Waals surface area (Å²) in [5.41, 5.74) is 0. The molecule has 4 heteroatoms. The summed E-state index contributed by atoms with van der Waals surface area (Å²) in [6, 6.07) is 4.08. The summed E-state index contributed by atoms with van der Waals surface area (Å²) < 4.78 is 5.79. The first-order valence-electron chi connectivity index (χ1n) is 7.22. The molecular formula is C15H24N2O2. The van der Waals surface area contributed by atoms with Crippen LogP contribution in [0.5, 0.6) is 0 Å². The van der Waals surface area contributed by atoms with Crippen LogP contribution in [0.1, 0.15) is 44.6 Å². The van der Waals surface area contributed by atoms with E-state index in [9.17, 15) is 4.79 Å². The molecule has 1 heterocycles. The van der Waals surface area contributed by atoms with Crippen molar-refractivity contribution in [1.82, 2.24) is 10.2 Å². The molecule has 106 valence electrons. The lowest BCUT2D eigenvalue weighted by Gasteiger charge is -2.18. The minimum Gasteiger partial charge on any atom is -0.464 e. The second-order valence-corrected chi connectivity index (χ2v) is 5.29. The molecule has 0 bridgehead atoms. The summed E-state index contributed by atoms with van der Waals surface area (Å²) in [5.74, 6) is 3.54. The minimum atomic E-state index is 0.146. The number of rotatable bonds is 7. The molecule has 2 atom stereocenters.